The number of aromatic amines is 1. The van der Waals surface area contributed by atoms with E-state index in [0.29, 0.717) is 11.2 Å². The third kappa shape index (κ3) is 2.97. The molecule has 2 aromatic rings. The lowest BCUT2D eigenvalue weighted by Crippen LogP contribution is -2.33. The van der Waals surface area contributed by atoms with E-state index in [0.717, 1.165) is 17.8 Å². The molecule has 2 rings (SSSR count). The van der Waals surface area contributed by atoms with Gasteiger partial charge in [-0.15, -0.1) is 0 Å². The number of aryl methyl sites for hydroxylation is 1. The Balaban J connectivity index is 2.44. The van der Waals surface area contributed by atoms with Crippen LogP contribution in [0.15, 0.2) is 37.8 Å². The highest BCUT2D eigenvalue weighted by Gasteiger charge is 2.08. The summed E-state index contributed by atoms with van der Waals surface area (Å²) in [5, 5.41) is 2.46. The Morgan fingerprint density at radius 3 is 2.79 bits per heavy atom. The normalized spacial score (nSPS) is 10.4. The maximum Gasteiger partial charge on any atom is 0.339 e. The lowest BCUT2D eigenvalue weighted by molar-refractivity contribution is 0.112. The highest BCUT2D eigenvalue weighted by Crippen LogP contribution is 2.25. The molecule has 1 heterocycles. The molecule has 0 aliphatic carbocycles. The van der Waals surface area contributed by atoms with E-state index in [1.54, 1.807) is 0 Å². The van der Waals surface area contributed by atoms with Crippen LogP contribution in [0.4, 0.5) is 4.39 Å². The summed E-state index contributed by atoms with van der Waals surface area (Å²) in [6, 6.07) is 3.75. The largest absolute Gasteiger partial charge is 0.339 e. The second kappa shape index (κ2) is 5.19. The Morgan fingerprint density at radius 1 is 1.37 bits per heavy atom. The number of carbonyl (C=O) groups is 1. The Labute approximate surface area is 110 Å². The zero-order valence-electron chi connectivity index (χ0n) is 9.71. The van der Waals surface area contributed by atoms with Crippen molar-refractivity contribution in [2.75, 3.05) is 0 Å². The molecular formula is C11H8FN3O3S. The summed E-state index contributed by atoms with van der Waals surface area (Å²) < 4.78 is 14.5. The molecule has 1 aromatic heterocycles. The highest BCUT2D eigenvalue weighted by molar-refractivity contribution is 7.99. The number of hydrogen-bond acceptors (Lipinski definition) is 5. The first-order valence-corrected chi connectivity index (χ1v) is 5.92. The van der Waals surface area contributed by atoms with Crippen molar-refractivity contribution < 1.29 is 9.18 Å². The lowest BCUT2D eigenvalue weighted by atomic mass is 10.2. The summed E-state index contributed by atoms with van der Waals surface area (Å²) in [7, 11) is 1.50. The molecule has 98 valence electrons. The van der Waals surface area contributed by atoms with Gasteiger partial charge in [-0.1, -0.05) is 11.8 Å². The Bertz CT molecular complexity index is 754. The van der Waals surface area contributed by atoms with Crippen LogP contribution < -0.4 is 11.1 Å². The molecule has 1 N–H and O–H groups in total. The predicted molar refractivity (Wildman–Crippen MR) is 66.0 cm³/mol. The van der Waals surface area contributed by atoms with Gasteiger partial charge in [-0.3, -0.25) is 24.2 Å². The average Bonchev–Trinajstić information content (AvgIpc) is 2.35. The van der Waals surface area contributed by atoms with Gasteiger partial charge in [0.15, 0.2) is 5.16 Å². The van der Waals surface area contributed by atoms with Crippen molar-refractivity contribution in [1.82, 2.24) is 14.8 Å². The molecule has 0 fully saturated rings. The minimum Gasteiger partial charge on any atom is -0.298 e. The van der Waals surface area contributed by atoms with Crippen LogP contribution in [0.3, 0.4) is 0 Å². The first kappa shape index (κ1) is 13.2. The molecule has 0 bridgehead atoms. The fourth-order valence-electron chi connectivity index (χ4n) is 1.37. The van der Waals surface area contributed by atoms with Crippen LogP contribution in [0.1, 0.15) is 10.4 Å². The molecule has 0 saturated carbocycles. The van der Waals surface area contributed by atoms with Crippen molar-refractivity contribution in [3.63, 3.8) is 0 Å². The van der Waals surface area contributed by atoms with Crippen LogP contribution in [-0.4, -0.2) is 21.1 Å². The summed E-state index contributed by atoms with van der Waals surface area (Å²) in [4.78, 5) is 36.8. The second-order valence-electron chi connectivity index (χ2n) is 3.64. The van der Waals surface area contributed by atoms with Crippen LogP contribution in [-0.2, 0) is 7.05 Å². The van der Waals surface area contributed by atoms with Gasteiger partial charge in [0.25, 0.3) is 0 Å². The summed E-state index contributed by atoms with van der Waals surface area (Å²) in [5.41, 5.74) is -1.58. The monoisotopic (exact) mass is 281 g/mol. The maximum atomic E-state index is 13.2. The molecule has 0 aliphatic rings. The Hall–Kier alpha value is -2.22. The molecule has 8 heteroatoms. The summed E-state index contributed by atoms with van der Waals surface area (Å²) in [6.45, 7) is 0. The first-order valence-electron chi connectivity index (χ1n) is 5.10. The average molecular weight is 281 g/mol. The van der Waals surface area contributed by atoms with Crippen molar-refractivity contribution in [2.24, 2.45) is 7.05 Å². The van der Waals surface area contributed by atoms with E-state index in [1.165, 1.54) is 23.9 Å². The number of rotatable bonds is 3. The quantitative estimate of drug-likeness (QED) is 0.657. The topological polar surface area (TPSA) is 84.8 Å². The van der Waals surface area contributed by atoms with E-state index in [-0.39, 0.29) is 10.7 Å². The molecule has 6 nitrogen and oxygen atoms in total. The third-order valence-corrected chi connectivity index (χ3v) is 3.21. The molecule has 0 amide bonds. The Morgan fingerprint density at radius 2 is 2.11 bits per heavy atom. The van der Waals surface area contributed by atoms with E-state index in [1.807, 2.05) is 0 Å². The van der Waals surface area contributed by atoms with E-state index in [4.69, 9.17) is 0 Å². The Kier molecular flexibility index (Phi) is 3.61. The zero-order chi connectivity index (χ0) is 14.0. The smallest absolute Gasteiger partial charge is 0.298 e. The van der Waals surface area contributed by atoms with E-state index < -0.39 is 16.9 Å². The van der Waals surface area contributed by atoms with E-state index in [9.17, 15) is 18.8 Å². The molecule has 19 heavy (non-hydrogen) atoms. The van der Waals surface area contributed by atoms with Gasteiger partial charge >= 0.3 is 11.1 Å². The number of aromatic nitrogens is 3. The zero-order valence-corrected chi connectivity index (χ0v) is 10.5. The second-order valence-corrected chi connectivity index (χ2v) is 4.68. The number of nitrogens with one attached hydrogen (secondary N) is 1. The van der Waals surface area contributed by atoms with E-state index in [2.05, 4.69) is 10.1 Å². The number of benzene rings is 1. The summed E-state index contributed by atoms with van der Waals surface area (Å²) in [5.74, 6) is -0.568. The first-order chi connectivity index (χ1) is 8.99. The van der Waals surface area contributed by atoms with Crippen molar-refractivity contribution in [2.45, 2.75) is 10.1 Å². The van der Waals surface area contributed by atoms with Crippen molar-refractivity contribution >= 4 is 18.0 Å². The number of H-pyrrole nitrogens is 1. The molecule has 0 spiro atoms. The van der Waals surface area contributed by atoms with Gasteiger partial charge in [0.05, 0.1) is 0 Å². The van der Waals surface area contributed by atoms with Gasteiger partial charge in [0.1, 0.15) is 12.1 Å². The van der Waals surface area contributed by atoms with E-state index >= 15 is 0 Å². The molecule has 0 atom stereocenters. The molecule has 0 aliphatic heterocycles. The van der Waals surface area contributed by atoms with Gasteiger partial charge in [-0.2, -0.15) is 4.98 Å². The van der Waals surface area contributed by atoms with Gasteiger partial charge < -0.3 is 0 Å². The van der Waals surface area contributed by atoms with Gasteiger partial charge in [0.2, 0.25) is 0 Å². The molecule has 0 saturated heterocycles. The summed E-state index contributed by atoms with van der Waals surface area (Å²) in [6.07, 6.45) is 0.520. The predicted octanol–water partition coefficient (Wildman–Crippen LogP) is 0.571. The SMILES string of the molecule is Cn1[nH]c(=O)c(=O)nc1Sc1cc(F)cc(C=O)c1. The fourth-order valence-corrected chi connectivity index (χ4v) is 2.26. The van der Waals surface area contributed by atoms with Crippen molar-refractivity contribution in [1.29, 1.82) is 0 Å². The van der Waals surface area contributed by atoms with Crippen LogP contribution >= 0.6 is 11.8 Å². The van der Waals surface area contributed by atoms with Gasteiger partial charge in [0, 0.05) is 17.5 Å². The molecule has 0 radical (unpaired) electrons. The highest BCUT2D eigenvalue weighted by atomic mass is 32.2. The fraction of sp³-hybridized carbons (Fsp3) is 0.0909. The minimum atomic E-state index is -0.924. The third-order valence-electron chi connectivity index (χ3n) is 2.19. The number of halogens is 1. The standard InChI is InChI=1S/C11H8FN3O3S/c1-15-11(13-9(17)10(18)14-15)19-8-3-6(5-16)2-7(12)4-8/h2-5H,1H3,(H,14,18). The van der Waals surface area contributed by atoms with Crippen molar-refractivity contribution in [3.05, 3.63) is 50.3 Å². The maximum absolute atomic E-state index is 13.2. The van der Waals surface area contributed by atoms with Crippen LogP contribution in [0.25, 0.3) is 0 Å². The summed E-state index contributed by atoms with van der Waals surface area (Å²) >= 11 is 0.964. The minimum absolute atomic E-state index is 0.178. The van der Waals surface area contributed by atoms with Crippen LogP contribution in [0.2, 0.25) is 0 Å². The number of hydrogen-bond donors (Lipinski definition) is 1. The molecule has 0 unspecified atom stereocenters. The molecular weight excluding hydrogens is 273 g/mol. The van der Waals surface area contributed by atoms with Crippen LogP contribution in [0.5, 0.6) is 0 Å². The molecule has 1 aromatic carbocycles. The van der Waals surface area contributed by atoms with Crippen molar-refractivity contribution in [3.8, 4) is 0 Å². The van der Waals surface area contributed by atoms with Gasteiger partial charge in [-0.25, -0.2) is 4.39 Å². The van der Waals surface area contributed by atoms with Gasteiger partial charge in [-0.05, 0) is 18.2 Å². The van der Waals surface area contributed by atoms with Crippen LogP contribution in [0, 0.1) is 5.82 Å². The number of carbonyl (C=O) groups excluding carboxylic acids is 1. The number of aldehydes is 1. The lowest BCUT2D eigenvalue weighted by Gasteiger charge is -2.06. The number of nitrogens with zero attached hydrogens (tertiary/aromatic N) is 2.